The van der Waals surface area contributed by atoms with E-state index >= 15 is 0 Å². The second-order valence-corrected chi connectivity index (χ2v) is 36.2. The summed E-state index contributed by atoms with van der Waals surface area (Å²) in [5.74, 6) is 0. The van der Waals surface area contributed by atoms with Gasteiger partial charge in [-0.2, -0.15) is 0 Å². The maximum absolute atomic E-state index is 11.1. The largest absolute Gasteiger partial charge is 0.477 e. The second kappa shape index (κ2) is 11.5. The topological polar surface area (TPSA) is 77.4 Å². The van der Waals surface area contributed by atoms with E-state index in [9.17, 15) is 9.59 Å². The van der Waals surface area contributed by atoms with Gasteiger partial charge in [-0.3, -0.25) is 0 Å². The van der Waals surface area contributed by atoms with Crippen molar-refractivity contribution in [3.05, 3.63) is 0 Å². The van der Waals surface area contributed by atoms with Gasteiger partial charge in [-0.05, 0) is 91.4 Å². The molecule has 0 saturated heterocycles. The summed E-state index contributed by atoms with van der Waals surface area (Å²) in [6, 6.07) is 1.22. The maximum atomic E-state index is 11.1. The van der Waals surface area contributed by atoms with Gasteiger partial charge in [-0.15, -0.1) is 0 Å². The standard InChI is InChI=1S/C18H50O6Si6/c1-25(2,3)21-29(19,22-26(4,5)6)17-15-13-14-16-18-30(20,23-27(7,8)9)24-28(10,11)12/h19-20H,13-18H2,1-12H3. The molecule has 0 aliphatic rings. The summed E-state index contributed by atoms with van der Waals surface area (Å²) < 4.78 is 24.6. The zero-order chi connectivity index (χ0) is 24.1. The molecule has 0 aliphatic carbocycles. The van der Waals surface area contributed by atoms with Gasteiger partial charge in [0.05, 0.1) is 0 Å². The summed E-state index contributed by atoms with van der Waals surface area (Å²) in [6.07, 6.45) is 3.70. The van der Waals surface area contributed by atoms with Gasteiger partial charge in [-0.1, -0.05) is 12.8 Å². The molecule has 0 aromatic rings. The molecule has 0 rings (SSSR count). The molecule has 0 aromatic heterocycles. The Labute approximate surface area is 193 Å². The van der Waals surface area contributed by atoms with Crippen LogP contribution >= 0.6 is 0 Å². The molecule has 0 heterocycles. The van der Waals surface area contributed by atoms with Crippen molar-refractivity contribution in [2.75, 3.05) is 0 Å². The summed E-state index contributed by atoms with van der Waals surface area (Å²) in [4.78, 5) is 22.2. The molecule has 6 nitrogen and oxygen atoms in total. The molecule has 0 unspecified atom stereocenters. The van der Waals surface area contributed by atoms with Crippen LogP contribution in [0, 0.1) is 0 Å². The first-order valence-electron chi connectivity index (χ1n) is 11.3. The first kappa shape index (κ1) is 31.1. The minimum absolute atomic E-state index is 0.611. The van der Waals surface area contributed by atoms with Crippen LogP contribution in [0.3, 0.4) is 0 Å². The van der Waals surface area contributed by atoms with Crippen LogP contribution in [0.5, 0.6) is 0 Å². The van der Waals surface area contributed by atoms with Crippen LogP contribution in [0.4, 0.5) is 0 Å². The lowest BCUT2D eigenvalue weighted by Crippen LogP contribution is -2.55. The Balaban J connectivity index is 4.71. The Morgan fingerprint density at radius 3 is 0.767 bits per heavy atom. The minimum Gasteiger partial charge on any atom is -0.416 e. The van der Waals surface area contributed by atoms with E-state index in [-0.39, 0.29) is 0 Å². The van der Waals surface area contributed by atoms with Crippen LogP contribution in [0.15, 0.2) is 0 Å². The van der Waals surface area contributed by atoms with Crippen LogP contribution in [-0.2, 0) is 16.5 Å². The highest BCUT2D eigenvalue weighted by atomic mass is 28.5. The van der Waals surface area contributed by atoms with Crippen molar-refractivity contribution in [3.8, 4) is 0 Å². The van der Waals surface area contributed by atoms with Crippen molar-refractivity contribution in [1.82, 2.24) is 0 Å². The number of rotatable bonds is 15. The molecule has 182 valence electrons. The van der Waals surface area contributed by atoms with Gasteiger partial charge < -0.3 is 26.1 Å². The molecule has 0 amide bonds. The molecule has 0 fully saturated rings. The Bertz CT molecular complexity index is 429. The average molecular weight is 531 g/mol. The fourth-order valence-corrected chi connectivity index (χ4v) is 22.6. The molecule has 0 aromatic carbocycles. The number of hydrogen-bond donors (Lipinski definition) is 2. The minimum atomic E-state index is -3.14. The lowest BCUT2D eigenvalue weighted by atomic mass is 10.2. The first-order valence-corrected chi connectivity index (χ1v) is 28.9. The highest BCUT2D eigenvalue weighted by Gasteiger charge is 2.45. The van der Waals surface area contributed by atoms with Gasteiger partial charge in [0.2, 0.25) is 0 Å². The molecule has 30 heavy (non-hydrogen) atoms. The summed E-state index contributed by atoms with van der Waals surface area (Å²) in [7, 11) is -13.8. The molecule has 2 N–H and O–H groups in total. The second-order valence-electron chi connectivity index (χ2n) is 12.2. The van der Waals surface area contributed by atoms with Crippen LogP contribution in [0.2, 0.25) is 90.7 Å². The smallest absolute Gasteiger partial charge is 0.416 e. The van der Waals surface area contributed by atoms with Crippen molar-refractivity contribution in [3.63, 3.8) is 0 Å². The lowest BCUT2D eigenvalue weighted by molar-refractivity contribution is 0.237. The first-order chi connectivity index (χ1) is 13.0. The average Bonchev–Trinajstić information content (AvgIpc) is 2.33. The predicted octanol–water partition coefficient (Wildman–Crippen LogP) is 5.82. The highest BCUT2D eigenvalue weighted by Crippen LogP contribution is 2.27. The number of hydrogen-bond acceptors (Lipinski definition) is 6. The molecule has 12 heteroatoms. The molecule has 0 radical (unpaired) electrons. The van der Waals surface area contributed by atoms with Crippen molar-refractivity contribution >= 4 is 50.9 Å². The maximum Gasteiger partial charge on any atom is 0.477 e. The van der Waals surface area contributed by atoms with Gasteiger partial charge in [-0.25, -0.2) is 0 Å². The quantitative estimate of drug-likeness (QED) is 0.205. The summed E-state index contributed by atoms with van der Waals surface area (Å²) in [6.45, 7) is 25.2. The molecule has 0 atom stereocenters. The Kier molecular flexibility index (Phi) is 11.9. The third-order valence-corrected chi connectivity index (χ3v) is 20.5. The Morgan fingerprint density at radius 2 is 0.600 bits per heavy atom. The van der Waals surface area contributed by atoms with Crippen molar-refractivity contribution in [2.45, 2.75) is 116 Å². The van der Waals surface area contributed by atoms with E-state index < -0.39 is 50.9 Å². The zero-order valence-electron chi connectivity index (χ0n) is 21.8. The van der Waals surface area contributed by atoms with Crippen LogP contribution in [-0.4, -0.2) is 60.5 Å². The van der Waals surface area contributed by atoms with E-state index in [4.69, 9.17) is 16.5 Å². The van der Waals surface area contributed by atoms with E-state index in [0.717, 1.165) is 25.7 Å². The molecule has 0 saturated carbocycles. The highest BCUT2D eigenvalue weighted by molar-refractivity contribution is 6.86. The predicted molar refractivity (Wildman–Crippen MR) is 142 cm³/mol. The fourth-order valence-electron chi connectivity index (χ4n) is 3.21. The van der Waals surface area contributed by atoms with Crippen LogP contribution in [0.25, 0.3) is 0 Å². The molecular weight excluding hydrogens is 481 g/mol. The van der Waals surface area contributed by atoms with E-state index in [0.29, 0.717) is 12.1 Å². The normalized spacial score (nSPS) is 15.0. The third-order valence-electron chi connectivity index (χ3n) is 3.60. The van der Waals surface area contributed by atoms with Gasteiger partial charge in [0.1, 0.15) is 0 Å². The van der Waals surface area contributed by atoms with E-state index in [2.05, 4.69) is 78.6 Å². The van der Waals surface area contributed by atoms with Gasteiger partial charge >= 0.3 is 17.6 Å². The Morgan fingerprint density at radius 1 is 0.400 bits per heavy atom. The van der Waals surface area contributed by atoms with Crippen LogP contribution < -0.4 is 0 Å². The van der Waals surface area contributed by atoms with E-state index in [1.807, 2.05) is 0 Å². The van der Waals surface area contributed by atoms with Gasteiger partial charge in [0.15, 0.2) is 33.3 Å². The number of unbranched alkanes of at least 4 members (excludes halogenated alkanes) is 3. The summed E-state index contributed by atoms with van der Waals surface area (Å²) in [5, 5.41) is 0. The van der Waals surface area contributed by atoms with E-state index in [1.54, 1.807) is 0 Å². The zero-order valence-corrected chi connectivity index (χ0v) is 27.8. The fraction of sp³-hybridized carbons (Fsp3) is 1.00. The molecule has 0 aliphatic heterocycles. The van der Waals surface area contributed by atoms with Crippen molar-refractivity contribution in [1.29, 1.82) is 0 Å². The van der Waals surface area contributed by atoms with Gasteiger partial charge in [0, 0.05) is 12.1 Å². The van der Waals surface area contributed by atoms with Crippen LogP contribution in [0.1, 0.15) is 25.7 Å². The molecular formula is C18H50O6Si6. The summed E-state index contributed by atoms with van der Waals surface area (Å²) >= 11 is 0. The Hall–Kier alpha value is 1.06. The van der Waals surface area contributed by atoms with Crippen molar-refractivity contribution in [2.24, 2.45) is 0 Å². The molecule has 0 bridgehead atoms. The monoisotopic (exact) mass is 530 g/mol. The van der Waals surface area contributed by atoms with Gasteiger partial charge in [0.25, 0.3) is 0 Å². The lowest BCUT2D eigenvalue weighted by Gasteiger charge is -2.36. The van der Waals surface area contributed by atoms with E-state index in [1.165, 1.54) is 0 Å². The summed E-state index contributed by atoms with van der Waals surface area (Å²) in [5.41, 5.74) is 0. The van der Waals surface area contributed by atoms with Crippen molar-refractivity contribution < 1.29 is 26.1 Å². The third kappa shape index (κ3) is 17.6. The SMILES string of the molecule is C[Si](C)(C)O[Si](O)(CCCCCC[Si](O)(O[Si](C)(C)C)O[Si](C)(C)C)O[Si](C)(C)C. The molecule has 0 spiro atoms.